The lowest BCUT2D eigenvalue weighted by atomic mass is 10.0. The fourth-order valence-corrected chi connectivity index (χ4v) is 2.81. The van der Waals surface area contributed by atoms with Crippen molar-refractivity contribution in [2.24, 2.45) is 5.92 Å². The SMILES string of the molecule is CC(=O)C1C=IC=CC1. The standard InChI is InChI=1S/C7H9IO/c1-6(9)7-3-2-4-8-5-7/h2,4-5,7H,3H2,1H3. The van der Waals surface area contributed by atoms with E-state index in [1.54, 1.807) is 6.92 Å². The Morgan fingerprint density at radius 1 is 1.78 bits per heavy atom. The molecule has 1 heterocycles. The summed E-state index contributed by atoms with van der Waals surface area (Å²) in [5, 5.41) is 0. The van der Waals surface area contributed by atoms with Gasteiger partial charge < -0.3 is 0 Å². The average Bonchev–Trinajstić information content (AvgIpc) is 1.90. The smallest absolute Gasteiger partial charge is 0.137 e. The number of Topliss-reactive ketones (excluding diaryl/α,β-unsaturated/α-hetero) is 1. The molecule has 0 bridgehead atoms. The number of hydrogen-bond acceptors (Lipinski definition) is 1. The van der Waals surface area contributed by atoms with Crippen molar-refractivity contribution >= 4 is 30.5 Å². The van der Waals surface area contributed by atoms with Gasteiger partial charge in [0.1, 0.15) is 5.78 Å². The molecule has 9 heavy (non-hydrogen) atoms. The van der Waals surface area contributed by atoms with E-state index in [-0.39, 0.29) is 26.6 Å². The Labute approximate surface area is 64.9 Å². The van der Waals surface area contributed by atoms with Crippen LogP contribution in [0.1, 0.15) is 13.3 Å². The summed E-state index contributed by atoms with van der Waals surface area (Å²) < 4.78 is 4.39. The summed E-state index contributed by atoms with van der Waals surface area (Å²) in [4.78, 5) is 10.8. The van der Waals surface area contributed by atoms with E-state index in [2.05, 4.69) is 14.2 Å². The highest BCUT2D eigenvalue weighted by molar-refractivity contribution is 14.2. The Bertz CT molecular complexity index is 170. The second-order valence-corrected chi connectivity index (χ2v) is 4.22. The highest BCUT2D eigenvalue weighted by Crippen LogP contribution is 2.14. The number of ketones is 1. The lowest BCUT2D eigenvalue weighted by Crippen LogP contribution is -2.10. The number of carbonyl (C=O) groups is 1. The monoisotopic (exact) mass is 236 g/mol. The molecule has 50 valence electrons. The maximum absolute atomic E-state index is 10.8. The third kappa shape index (κ3) is 2.01. The van der Waals surface area contributed by atoms with Crippen LogP contribution in [-0.4, -0.2) is 9.79 Å². The molecule has 0 aromatic carbocycles. The normalized spacial score (nSPS) is 25.2. The van der Waals surface area contributed by atoms with E-state index in [0.717, 1.165) is 6.42 Å². The molecule has 0 spiro atoms. The first-order valence-electron chi connectivity index (χ1n) is 2.91. The van der Waals surface area contributed by atoms with Gasteiger partial charge in [-0.3, -0.25) is 4.79 Å². The molecule has 1 nitrogen and oxygen atoms in total. The van der Waals surface area contributed by atoms with E-state index in [1.807, 2.05) is 0 Å². The van der Waals surface area contributed by atoms with Crippen LogP contribution in [0.2, 0.25) is 0 Å². The van der Waals surface area contributed by atoms with Crippen LogP contribution in [0.15, 0.2) is 10.2 Å². The summed E-state index contributed by atoms with van der Waals surface area (Å²) in [5.41, 5.74) is 0. The fourth-order valence-electron chi connectivity index (χ4n) is 0.685. The summed E-state index contributed by atoms with van der Waals surface area (Å²) in [7, 11) is 0. The third-order valence-corrected chi connectivity index (χ3v) is 3.51. The maximum Gasteiger partial charge on any atom is 0.137 e. The van der Waals surface area contributed by atoms with Crippen LogP contribution >= 0.6 is 20.7 Å². The summed E-state index contributed by atoms with van der Waals surface area (Å²) in [6.45, 7) is 1.67. The van der Waals surface area contributed by atoms with Crippen molar-refractivity contribution in [2.75, 3.05) is 0 Å². The second-order valence-electron chi connectivity index (χ2n) is 2.07. The Morgan fingerprint density at radius 2 is 2.56 bits per heavy atom. The molecule has 0 fully saturated rings. The molecule has 0 aliphatic carbocycles. The van der Waals surface area contributed by atoms with E-state index in [4.69, 9.17) is 0 Å². The Balaban J connectivity index is 2.56. The van der Waals surface area contributed by atoms with Crippen molar-refractivity contribution in [2.45, 2.75) is 13.3 Å². The molecule has 0 aromatic heterocycles. The zero-order valence-corrected chi connectivity index (χ0v) is 7.46. The highest BCUT2D eigenvalue weighted by Gasteiger charge is 2.09. The predicted molar refractivity (Wildman–Crippen MR) is 48.0 cm³/mol. The van der Waals surface area contributed by atoms with Gasteiger partial charge in [0, 0.05) is 5.92 Å². The van der Waals surface area contributed by atoms with Gasteiger partial charge in [0.25, 0.3) is 0 Å². The molecular weight excluding hydrogens is 227 g/mol. The molecule has 0 saturated carbocycles. The molecule has 2 heteroatoms. The van der Waals surface area contributed by atoms with Gasteiger partial charge in [0.05, 0.1) is 0 Å². The van der Waals surface area contributed by atoms with E-state index in [1.165, 1.54) is 0 Å². The quantitative estimate of drug-likeness (QED) is 0.635. The average molecular weight is 236 g/mol. The zero-order chi connectivity index (χ0) is 6.69. The minimum atomic E-state index is 0.115. The van der Waals surface area contributed by atoms with Crippen LogP contribution in [0.5, 0.6) is 0 Å². The van der Waals surface area contributed by atoms with Crippen molar-refractivity contribution in [3.8, 4) is 0 Å². The topological polar surface area (TPSA) is 17.1 Å². The Kier molecular flexibility index (Phi) is 2.57. The van der Waals surface area contributed by atoms with Gasteiger partial charge in [0.15, 0.2) is 0 Å². The van der Waals surface area contributed by atoms with E-state index < -0.39 is 0 Å². The summed E-state index contributed by atoms with van der Waals surface area (Å²) in [6, 6.07) is 0. The van der Waals surface area contributed by atoms with E-state index in [9.17, 15) is 4.79 Å². The lowest BCUT2D eigenvalue weighted by molar-refractivity contribution is -0.118. The van der Waals surface area contributed by atoms with Gasteiger partial charge >= 0.3 is 0 Å². The molecule has 1 atom stereocenters. The number of halogens is 1. The van der Waals surface area contributed by atoms with Crippen LogP contribution in [0.3, 0.4) is 0 Å². The van der Waals surface area contributed by atoms with Crippen LogP contribution < -0.4 is 0 Å². The summed E-state index contributed by atoms with van der Waals surface area (Å²) >= 11 is 0.115. The molecule has 0 saturated heterocycles. The largest absolute Gasteiger partial charge is 0.299 e. The molecule has 0 amide bonds. The Hall–Kier alpha value is 0.01000. The van der Waals surface area contributed by atoms with Gasteiger partial charge in [-0.1, -0.05) is 26.8 Å². The number of carbonyl (C=O) groups excluding carboxylic acids is 1. The van der Waals surface area contributed by atoms with Crippen LogP contribution in [-0.2, 0) is 4.79 Å². The third-order valence-electron chi connectivity index (χ3n) is 1.30. The van der Waals surface area contributed by atoms with E-state index >= 15 is 0 Å². The first kappa shape index (κ1) is 7.12. The second kappa shape index (κ2) is 3.25. The molecule has 1 aliphatic heterocycles. The molecule has 1 aliphatic rings. The minimum Gasteiger partial charge on any atom is -0.299 e. The van der Waals surface area contributed by atoms with Crippen molar-refractivity contribution in [1.29, 1.82) is 0 Å². The van der Waals surface area contributed by atoms with Crippen molar-refractivity contribution in [3.63, 3.8) is 0 Å². The molecule has 0 radical (unpaired) electrons. The van der Waals surface area contributed by atoms with Gasteiger partial charge in [-0.25, -0.2) is 0 Å². The van der Waals surface area contributed by atoms with Gasteiger partial charge in [-0.15, -0.1) is 0 Å². The molecular formula is C7H9IO. The number of hydrogen-bond donors (Lipinski definition) is 0. The van der Waals surface area contributed by atoms with Gasteiger partial charge in [0.2, 0.25) is 0 Å². The zero-order valence-electron chi connectivity index (χ0n) is 5.30. The summed E-state index contributed by atoms with van der Waals surface area (Å²) in [5.74, 6) is 0.571. The predicted octanol–water partition coefficient (Wildman–Crippen LogP) is 1.88. The number of allylic oxidation sites excluding steroid dienone is 1. The molecule has 0 N–H and O–H groups in total. The molecule has 1 unspecified atom stereocenters. The Morgan fingerprint density at radius 3 is 2.89 bits per heavy atom. The van der Waals surface area contributed by atoms with Crippen LogP contribution in [0.4, 0.5) is 0 Å². The highest BCUT2D eigenvalue weighted by atomic mass is 127. The van der Waals surface area contributed by atoms with Gasteiger partial charge in [-0.05, 0) is 21.4 Å². The first-order chi connectivity index (χ1) is 4.30. The van der Waals surface area contributed by atoms with Crippen LogP contribution in [0.25, 0.3) is 0 Å². The van der Waals surface area contributed by atoms with Crippen molar-refractivity contribution in [1.82, 2.24) is 0 Å². The lowest BCUT2D eigenvalue weighted by Gasteiger charge is -2.05. The number of rotatable bonds is 1. The van der Waals surface area contributed by atoms with Crippen LogP contribution in [0, 0.1) is 5.92 Å². The van der Waals surface area contributed by atoms with Crippen molar-refractivity contribution < 1.29 is 4.79 Å². The molecule has 0 aromatic rings. The maximum atomic E-state index is 10.8. The van der Waals surface area contributed by atoms with E-state index in [0.29, 0.717) is 5.78 Å². The fraction of sp³-hybridized carbons (Fsp3) is 0.429. The van der Waals surface area contributed by atoms with Crippen molar-refractivity contribution in [3.05, 3.63) is 10.2 Å². The van der Waals surface area contributed by atoms with Gasteiger partial charge in [-0.2, -0.15) is 0 Å². The minimum absolute atomic E-state index is 0.115. The summed E-state index contributed by atoms with van der Waals surface area (Å²) in [6.07, 6.45) is 3.06. The molecule has 1 rings (SSSR count). The first-order valence-corrected chi connectivity index (χ1v) is 5.40.